The topological polar surface area (TPSA) is 50.5 Å². The third-order valence-corrected chi connectivity index (χ3v) is 5.95. The minimum Gasteiger partial charge on any atom is -0.340 e. The number of aryl methyl sites for hydroxylation is 1. The van der Waals surface area contributed by atoms with Gasteiger partial charge in [0.2, 0.25) is 10.1 Å². The predicted molar refractivity (Wildman–Crippen MR) is 112 cm³/mol. The molecule has 2 aromatic heterocycles. The first-order chi connectivity index (χ1) is 13.2. The highest BCUT2D eigenvalue weighted by molar-refractivity contribution is 7.20. The number of rotatable bonds is 4. The minimum absolute atomic E-state index is 0.0921. The molecule has 0 N–H and O–H groups in total. The van der Waals surface area contributed by atoms with E-state index in [1.54, 1.807) is 6.07 Å². The zero-order valence-corrected chi connectivity index (χ0v) is 16.4. The zero-order chi connectivity index (χ0) is 18.6. The van der Waals surface area contributed by atoms with Crippen LogP contribution in [-0.4, -0.2) is 27.2 Å². The van der Waals surface area contributed by atoms with Gasteiger partial charge in [0.15, 0.2) is 0 Å². The van der Waals surface area contributed by atoms with Gasteiger partial charge >= 0.3 is 0 Å². The first-order valence-electron chi connectivity index (χ1n) is 9.64. The third-order valence-electron chi connectivity index (χ3n) is 5.00. The van der Waals surface area contributed by atoms with E-state index in [-0.39, 0.29) is 11.6 Å². The van der Waals surface area contributed by atoms with Gasteiger partial charge in [-0.1, -0.05) is 73.6 Å². The van der Waals surface area contributed by atoms with Crippen LogP contribution in [0.2, 0.25) is 0 Å². The monoisotopic (exact) mass is 380 g/mol. The summed E-state index contributed by atoms with van der Waals surface area (Å²) in [5, 5.41) is 5.50. The van der Waals surface area contributed by atoms with Crippen LogP contribution in [0.25, 0.3) is 11.0 Å². The highest BCUT2D eigenvalue weighted by Crippen LogP contribution is 2.28. The molecule has 5 nitrogen and oxygen atoms in total. The summed E-state index contributed by atoms with van der Waals surface area (Å²) < 4.78 is 1.45. The molecule has 140 valence electrons. The van der Waals surface area contributed by atoms with E-state index in [2.05, 4.69) is 51.4 Å². The molecule has 0 radical (unpaired) electrons. The van der Waals surface area contributed by atoms with E-state index in [0.717, 1.165) is 36.6 Å². The fraction of sp³-hybridized carbons (Fsp3) is 0.381. The van der Waals surface area contributed by atoms with Gasteiger partial charge in [0.05, 0.1) is 0 Å². The van der Waals surface area contributed by atoms with Gasteiger partial charge in [-0.2, -0.15) is 4.52 Å². The molecule has 0 saturated carbocycles. The Morgan fingerprint density at radius 1 is 1.22 bits per heavy atom. The largest absolute Gasteiger partial charge is 0.340 e. The molecular formula is C21H24N4OS. The van der Waals surface area contributed by atoms with Crippen LogP contribution < -0.4 is 10.5 Å². The maximum Gasteiger partial charge on any atom is 0.275 e. The predicted octanol–water partition coefficient (Wildman–Crippen LogP) is 4.18. The standard InChI is InChI=1S/C21H24N4OS/c1-2-17-15-19(26)25-20(22-17)27-21(23-25)24-14-8-4-7-11-18(24)13-12-16-9-5-3-6-10-16/h3,5-6,9-10,12-13,15,18H,2,4,7-8,11,14H2,1H3. The number of benzene rings is 1. The highest BCUT2D eigenvalue weighted by Gasteiger charge is 2.23. The van der Waals surface area contributed by atoms with Gasteiger partial charge in [-0.15, -0.1) is 5.10 Å². The SMILES string of the molecule is CCc1cc(=O)n2nc(N3CCCCCC3C=Cc3ccccc3)sc2n1. The van der Waals surface area contributed by atoms with E-state index in [1.165, 1.54) is 34.3 Å². The lowest BCUT2D eigenvalue weighted by Gasteiger charge is -2.26. The molecule has 0 amide bonds. The van der Waals surface area contributed by atoms with Gasteiger partial charge < -0.3 is 4.90 Å². The van der Waals surface area contributed by atoms with Gasteiger partial charge in [0.25, 0.3) is 5.56 Å². The Hall–Kier alpha value is -2.47. The van der Waals surface area contributed by atoms with Crippen LogP contribution >= 0.6 is 11.3 Å². The lowest BCUT2D eigenvalue weighted by Crippen LogP contribution is -2.33. The zero-order valence-electron chi connectivity index (χ0n) is 15.5. The van der Waals surface area contributed by atoms with Crippen molar-refractivity contribution in [3.63, 3.8) is 0 Å². The highest BCUT2D eigenvalue weighted by atomic mass is 32.1. The van der Waals surface area contributed by atoms with Gasteiger partial charge in [0.1, 0.15) is 0 Å². The van der Waals surface area contributed by atoms with Gasteiger partial charge in [-0.25, -0.2) is 4.98 Å². The maximum atomic E-state index is 12.3. The minimum atomic E-state index is -0.0921. The molecule has 6 heteroatoms. The molecule has 27 heavy (non-hydrogen) atoms. The molecule has 1 aromatic carbocycles. The maximum absolute atomic E-state index is 12.3. The number of fused-ring (bicyclic) bond motifs is 1. The lowest BCUT2D eigenvalue weighted by molar-refractivity contribution is 0.659. The average Bonchev–Trinajstić information content (AvgIpc) is 2.98. The molecule has 0 spiro atoms. The van der Waals surface area contributed by atoms with Gasteiger partial charge in [-0.05, 0) is 24.8 Å². The van der Waals surface area contributed by atoms with Crippen LogP contribution in [0.3, 0.4) is 0 Å². The molecule has 1 unspecified atom stereocenters. The number of hydrogen-bond donors (Lipinski definition) is 0. The first kappa shape index (κ1) is 17.9. The van der Waals surface area contributed by atoms with E-state index in [1.807, 2.05) is 13.0 Å². The van der Waals surface area contributed by atoms with Crippen LogP contribution in [0.15, 0.2) is 47.3 Å². The summed E-state index contributed by atoms with van der Waals surface area (Å²) in [6, 6.07) is 12.3. The van der Waals surface area contributed by atoms with Gasteiger partial charge in [-0.3, -0.25) is 4.79 Å². The van der Waals surface area contributed by atoms with Crippen LogP contribution in [0.5, 0.6) is 0 Å². The van der Waals surface area contributed by atoms with Crippen molar-refractivity contribution in [1.82, 2.24) is 14.6 Å². The molecule has 1 fully saturated rings. The molecule has 0 aliphatic carbocycles. The van der Waals surface area contributed by atoms with Crippen molar-refractivity contribution >= 4 is 27.5 Å². The molecule has 4 rings (SSSR count). The lowest BCUT2D eigenvalue weighted by atomic mass is 10.1. The van der Waals surface area contributed by atoms with Crippen LogP contribution in [0, 0.1) is 0 Å². The van der Waals surface area contributed by atoms with E-state index in [9.17, 15) is 4.79 Å². The second-order valence-electron chi connectivity index (χ2n) is 6.90. The van der Waals surface area contributed by atoms with Crippen molar-refractivity contribution in [2.24, 2.45) is 0 Å². The van der Waals surface area contributed by atoms with Crippen LogP contribution in [0.1, 0.15) is 43.9 Å². The summed E-state index contributed by atoms with van der Waals surface area (Å²) in [6.45, 7) is 2.97. The Morgan fingerprint density at radius 2 is 2.07 bits per heavy atom. The third kappa shape index (κ3) is 3.95. The Bertz CT molecular complexity index is 992. The first-order valence-corrected chi connectivity index (χ1v) is 10.5. The summed E-state index contributed by atoms with van der Waals surface area (Å²) in [4.78, 5) is 20.0. The number of hydrogen-bond acceptors (Lipinski definition) is 5. The fourth-order valence-electron chi connectivity index (χ4n) is 3.50. The number of nitrogens with zero attached hydrogens (tertiary/aromatic N) is 4. The molecule has 1 saturated heterocycles. The summed E-state index contributed by atoms with van der Waals surface area (Å²) in [6.07, 6.45) is 9.91. The van der Waals surface area contributed by atoms with Crippen molar-refractivity contribution in [1.29, 1.82) is 0 Å². The Morgan fingerprint density at radius 3 is 2.89 bits per heavy atom. The quantitative estimate of drug-likeness (QED) is 0.681. The molecule has 1 atom stereocenters. The normalized spacial score (nSPS) is 18.3. The van der Waals surface area contributed by atoms with Crippen LogP contribution in [-0.2, 0) is 6.42 Å². The molecule has 3 heterocycles. The van der Waals surface area contributed by atoms with Crippen molar-refractivity contribution in [2.75, 3.05) is 11.4 Å². The average molecular weight is 381 g/mol. The number of aromatic nitrogens is 3. The van der Waals surface area contributed by atoms with Crippen molar-refractivity contribution in [2.45, 2.75) is 45.1 Å². The smallest absolute Gasteiger partial charge is 0.275 e. The summed E-state index contributed by atoms with van der Waals surface area (Å²) in [5.41, 5.74) is 1.94. The van der Waals surface area contributed by atoms with E-state index >= 15 is 0 Å². The Kier molecular flexibility index (Phi) is 5.34. The second-order valence-corrected chi connectivity index (χ2v) is 7.83. The van der Waals surface area contributed by atoms with E-state index in [0.29, 0.717) is 4.96 Å². The summed E-state index contributed by atoms with van der Waals surface area (Å²) in [5.74, 6) is 0. The van der Waals surface area contributed by atoms with Crippen molar-refractivity contribution in [3.05, 3.63) is 64.1 Å². The fourth-order valence-corrected chi connectivity index (χ4v) is 4.51. The van der Waals surface area contributed by atoms with E-state index in [4.69, 9.17) is 0 Å². The molecular weight excluding hydrogens is 356 g/mol. The molecule has 0 bridgehead atoms. The summed E-state index contributed by atoms with van der Waals surface area (Å²) >= 11 is 1.51. The number of anilines is 1. The van der Waals surface area contributed by atoms with Crippen molar-refractivity contribution < 1.29 is 0 Å². The second kappa shape index (κ2) is 8.05. The Labute approximate surface area is 163 Å². The van der Waals surface area contributed by atoms with Crippen molar-refractivity contribution in [3.8, 4) is 0 Å². The van der Waals surface area contributed by atoms with E-state index < -0.39 is 0 Å². The molecule has 3 aromatic rings. The Balaban J connectivity index is 1.68. The summed E-state index contributed by atoms with van der Waals surface area (Å²) in [7, 11) is 0. The molecule has 1 aliphatic heterocycles. The van der Waals surface area contributed by atoms with Crippen LogP contribution in [0.4, 0.5) is 5.13 Å². The van der Waals surface area contributed by atoms with Gasteiger partial charge in [0, 0.05) is 24.3 Å². The molecule has 1 aliphatic rings.